The number of nitrogens with zero attached hydrogens (tertiary/aromatic N) is 1. The van der Waals surface area contributed by atoms with E-state index in [1.807, 2.05) is 31.2 Å². The van der Waals surface area contributed by atoms with Gasteiger partial charge in [0.05, 0.1) is 18.8 Å². The minimum absolute atomic E-state index is 0.545. The molecule has 0 aliphatic carbocycles. The Morgan fingerprint density at radius 1 is 1.50 bits per heavy atom. The highest BCUT2D eigenvalue weighted by molar-refractivity contribution is 5.29. The lowest BCUT2D eigenvalue weighted by Crippen LogP contribution is -2.32. The number of β-amino-alcohol motifs (C(OH)–C–C–N with tert-alkyl or cyclic N) is 2. The van der Waals surface area contributed by atoms with Crippen LogP contribution in [0.3, 0.4) is 0 Å². The number of hydrogen-bond donors (Lipinski definition) is 2. The Morgan fingerprint density at radius 2 is 2.28 bits per heavy atom. The summed E-state index contributed by atoms with van der Waals surface area (Å²) in [6.07, 6.45) is 0.215. The number of hydrogen-bond acceptors (Lipinski definition) is 4. The molecule has 100 valence electrons. The number of aliphatic hydroxyl groups excluding tert-OH is 1. The highest BCUT2D eigenvalue weighted by atomic mass is 16.5. The molecule has 0 bridgehead atoms. The van der Waals surface area contributed by atoms with Gasteiger partial charge < -0.3 is 14.9 Å². The van der Waals surface area contributed by atoms with Gasteiger partial charge in [0.2, 0.25) is 0 Å². The number of benzene rings is 1. The quantitative estimate of drug-likeness (QED) is 0.844. The molecule has 0 saturated carbocycles. The van der Waals surface area contributed by atoms with Gasteiger partial charge in [0.1, 0.15) is 5.75 Å². The third-order valence-electron chi connectivity index (χ3n) is 3.44. The predicted octanol–water partition coefficient (Wildman–Crippen LogP) is 1.19. The molecule has 1 aromatic rings. The fourth-order valence-electron chi connectivity index (χ4n) is 2.39. The molecule has 4 heteroatoms. The maximum absolute atomic E-state index is 10.2. The first-order valence-electron chi connectivity index (χ1n) is 6.27. The molecule has 2 rings (SSSR count). The van der Waals surface area contributed by atoms with Crippen molar-refractivity contribution < 1.29 is 14.9 Å². The highest BCUT2D eigenvalue weighted by Gasteiger charge is 2.32. The number of likely N-dealkylation sites (tertiary alicyclic amines) is 1. The lowest BCUT2D eigenvalue weighted by Gasteiger charge is -2.22. The molecule has 0 aromatic heterocycles. The van der Waals surface area contributed by atoms with E-state index < -0.39 is 11.7 Å². The van der Waals surface area contributed by atoms with Gasteiger partial charge in [-0.25, -0.2) is 0 Å². The van der Waals surface area contributed by atoms with E-state index >= 15 is 0 Å². The molecular formula is C14H21NO3. The molecule has 1 aliphatic rings. The minimum atomic E-state index is -0.617. The van der Waals surface area contributed by atoms with Gasteiger partial charge in [-0.3, -0.25) is 4.90 Å². The molecule has 1 heterocycles. The van der Waals surface area contributed by atoms with E-state index in [1.165, 1.54) is 0 Å². The molecule has 2 N–H and O–H groups in total. The summed E-state index contributed by atoms with van der Waals surface area (Å²) in [5, 5.41) is 20.1. The Kier molecular flexibility index (Phi) is 3.90. The molecule has 1 saturated heterocycles. The maximum atomic E-state index is 10.2. The Morgan fingerprint density at radius 3 is 2.89 bits per heavy atom. The van der Waals surface area contributed by atoms with E-state index in [0.29, 0.717) is 13.1 Å². The zero-order valence-electron chi connectivity index (χ0n) is 11.0. The molecule has 0 spiro atoms. The first-order chi connectivity index (χ1) is 8.50. The molecule has 0 radical (unpaired) electrons. The van der Waals surface area contributed by atoms with Gasteiger partial charge in [0.15, 0.2) is 0 Å². The van der Waals surface area contributed by atoms with Gasteiger partial charge in [-0.2, -0.15) is 0 Å². The van der Waals surface area contributed by atoms with Crippen molar-refractivity contribution in [2.45, 2.75) is 25.0 Å². The summed E-state index contributed by atoms with van der Waals surface area (Å²) in [7, 11) is 1.61. The van der Waals surface area contributed by atoms with Gasteiger partial charge >= 0.3 is 0 Å². The second kappa shape index (κ2) is 5.26. The van der Waals surface area contributed by atoms with Crippen LogP contribution in [-0.2, 0) is 0 Å². The fourth-order valence-corrected chi connectivity index (χ4v) is 2.39. The number of aliphatic hydroxyl groups is 2. The van der Waals surface area contributed by atoms with E-state index in [0.717, 1.165) is 24.3 Å². The topological polar surface area (TPSA) is 52.9 Å². The van der Waals surface area contributed by atoms with Gasteiger partial charge in [-0.1, -0.05) is 12.1 Å². The lowest BCUT2D eigenvalue weighted by molar-refractivity contribution is 0.0581. The van der Waals surface area contributed by atoms with Crippen LogP contribution in [0.1, 0.15) is 25.0 Å². The summed E-state index contributed by atoms with van der Waals surface area (Å²) in [5.41, 5.74) is 0.231. The normalized spacial score (nSPS) is 26.2. The van der Waals surface area contributed by atoms with E-state index in [-0.39, 0.29) is 0 Å². The Hall–Kier alpha value is -1.10. The first-order valence-corrected chi connectivity index (χ1v) is 6.27. The third-order valence-corrected chi connectivity index (χ3v) is 3.44. The van der Waals surface area contributed by atoms with Crippen molar-refractivity contribution in [3.05, 3.63) is 29.8 Å². The molecule has 1 aromatic carbocycles. The van der Waals surface area contributed by atoms with Crippen LogP contribution >= 0.6 is 0 Å². The Balaban J connectivity index is 1.97. The first kappa shape index (κ1) is 13.3. The molecular weight excluding hydrogens is 230 g/mol. The minimum Gasteiger partial charge on any atom is -0.497 e. The van der Waals surface area contributed by atoms with E-state index in [1.54, 1.807) is 7.11 Å². The third kappa shape index (κ3) is 3.22. The van der Waals surface area contributed by atoms with Crippen LogP contribution in [0.5, 0.6) is 5.75 Å². The lowest BCUT2D eigenvalue weighted by atomic mass is 10.1. The monoisotopic (exact) mass is 251 g/mol. The van der Waals surface area contributed by atoms with Crippen molar-refractivity contribution in [1.29, 1.82) is 0 Å². The highest BCUT2D eigenvalue weighted by Crippen LogP contribution is 2.24. The van der Waals surface area contributed by atoms with Crippen LogP contribution in [0.2, 0.25) is 0 Å². The van der Waals surface area contributed by atoms with Crippen molar-refractivity contribution in [3.8, 4) is 5.75 Å². The molecule has 1 aliphatic heterocycles. The zero-order valence-corrected chi connectivity index (χ0v) is 11.0. The maximum Gasteiger partial charge on any atom is 0.119 e. The standard InChI is InChI=1S/C14H21NO3/c1-14(17)6-7-15(10-14)9-13(16)11-4-3-5-12(8-11)18-2/h3-5,8,13,16-17H,6-7,9-10H2,1-2H3. The van der Waals surface area contributed by atoms with Crippen LogP contribution < -0.4 is 4.74 Å². The SMILES string of the molecule is COc1cccc(C(O)CN2CCC(C)(O)C2)c1. The average Bonchev–Trinajstić information content (AvgIpc) is 2.68. The molecule has 2 atom stereocenters. The summed E-state index contributed by atoms with van der Waals surface area (Å²) in [6, 6.07) is 7.47. The van der Waals surface area contributed by atoms with Crippen LogP contribution in [-0.4, -0.2) is 47.5 Å². The van der Waals surface area contributed by atoms with Crippen molar-refractivity contribution >= 4 is 0 Å². The molecule has 4 nitrogen and oxygen atoms in total. The van der Waals surface area contributed by atoms with Crippen LogP contribution in [0.15, 0.2) is 24.3 Å². The molecule has 18 heavy (non-hydrogen) atoms. The van der Waals surface area contributed by atoms with Crippen LogP contribution in [0.4, 0.5) is 0 Å². The van der Waals surface area contributed by atoms with Crippen molar-refractivity contribution in [2.24, 2.45) is 0 Å². The van der Waals surface area contributed by atoms with Gasteiger partial charge in [0.25, 0.3) is 0 Å². The summed E-state index contributed by atoms with van der Waals surface area (Å²) < 4.78 is 5.14. The van der Waals surface area contributed by atoms with Gasteiger partial charge in [-0.05, 0) is 31.0 Å². The number of methoxy groups -OCH3 is 1. The summed E-state index contributed by atoms with van der Waals surface area (Å²) >= 11 is 0. The van der Waals surface area contributed by atoms with Crippen LogP contribution in [0.25, 0.3) is 0 Å². The largest absolute Gasteiger partial charge is 0.497 e. The average molecular weight is 251 g/mol. The van der Waals surface area contributed by atoms with Crippen molar-refractivity contribution in [1.82, 2.24) is 4.90 Å². The summed E-state index contributed by atoms with van der Waals surface area (Å²) in [5.74, 6) is 0.750. The molecule has 2 unspecified atom stereocenters. The van der Waals surface area contributed by atoms with Crippen LogP contribution in [0, 0.1) is 0 Å². The van der Waals surface area contributed by atoms with E-state index in [4.69, 9.17) is 4.74 Å². The second-order valence-corrected chi connectivity index (χ2v) is 5.27. The number of rotatable bonds is 4. The second-order valence-electron chi connectivity index (χ2n) is 5.27. The Bertz CT molecular complexity index is 406. The molecule has 0 amide bonds. The van der Waals surface area contributed by atoms with Gasteiger partial charge in [-0.15, -0.1) is 0 Å². The van der Waals surface area contributed by atoms with Gasteiger partial charge in [0, 0.05) is 19.6 Å². The zero-order chi connectivity index (χ0) is 13.2. The smallest absolute Gasteiger partial charge is 0.119 e. The Labute approximate surface area is 108 Å². The fraction of sp³-hybridized carbons (Fsp3) is 0.571. The number of ether oxygens (including phenoxy) is 1. The van der Waals surface area contributed by atoms with Crippen molar-refractivity contribution in [2.75, 3.05) is 26.7 Å². The predicted molar refractivity (Wildman–Crippen MR) is 69.6 cm³/mol. The molecule has 1 fully saturated rings. The summed E-state index contributed by atoms with van der Waals surface area (Å²) in [4.78, 5) is 2.09. The van der Waals surface area contributed by atoms with E-state index in [9.17, 15) is 10.2 Å². The van der Waals surface area contributed by atoms with Crippen molar-refractivity contribution in [3.63, 3.8) is 0 Å². The summed E-state index contributed by atoms with van der Waals surface area (Å²) in [6.45, 7) is 3.83. The van der Waals surface area contributed by atoms with E-state index in [2.05, 4.69) is 4.90 Å².